The average Bonchev–Trinajstić information content (AvgIpc) is 3.27. The Bertz CT molecular complexity index is 1190. The second-order valence-electron chi connectivity index (χ2n) is 7.29. The summed E-state index contributed by atoms with van der Waals surface area (Å²) in [4.78, 5) is 16.4. The van der Waals surface area contributed by atoms with E-state index >= 15 is 0 Å². The minimum atomic E-state index is -0.313. The van der Waals surface area contributed by atoms with Crippen molar-refractivity contribution in [2.75, 3.05) is 26.3 Å². The van der Waals surface area contributed by atoms with Crippen LogP contribution in [-0.4, -0.2) is 46.2 Å². The molecule has 5 rings (SSSR count). The van der Waals surface area contributed by atoms with Crippen LogP contribution in [0, 0.1) is 5.82 Å². The summed E-state index contributed by atoms with van der Waals surface area (Å²) in [5.41, 5.74) is 2.34. The number of hydrogen-bond acceptors (Lipinski definition) is 7. The molecule has 2 aromatic heterocycles. The second kappa shape index (κ2) is 9.13. The van der Waals surface area contributed by atoms with Crippen molar-refractivity contribution < 1.29 is 13.5 Å². The lowest BCUT2D eigenvalue weighted by Crippen LogP contribution is -2.36. The highest BCUT2D eigenvalue weighted by Gasteiger charge is 2.15. The van der Waals surface area contributed by atoms with Crippen molar-refractivity contribution in [2.45, 2.75) is 17.3 Å². The number of hydrogen-bond donors (Lipinski definition) is 0. The summed E-state index contributed by atoms with van der Waals surface area (Å²) in [5, 5.41) is 1.94. The molecular weight excluding hydrogens is 415 g/mol. The number of oxazole rings is 1. The van der Waals surface area contributed by atoms with Crippen LogP contribution in [0.1, 0.15) is 11.5 Å². The van der Waals surface area contributed by atoms with Gasteiger partial charge < -0.3 is 9.15 Å². The average molecular weight is 437 g/mol. The normalized spacial score (nSPS) is 14.9. The largest absolute Gasteiger partial charge is 0.444 e. The smallest absolute Gasteiger partial charge is 0.226 e. The van der Waals surface area contributed by atoms with Crippen molar-refractivity contribution in [1.29, 1.82) is 0 Å². The fraction of sp³-hybridized carbons (Fsp3) is 0.261. The molecule has 0 radical (unpaired) electrons. The fourth-order valence-corrected chi connectivity index (χ4v) is 4.42. The SMILES string of the molecule is Fc1cccc(-c2nc(CSc3nc(CN4CCOCC4)nc4ccccc34)co2)c1. The maximum absolute atomic E-state index is 13.5. The maximum Gasteiger partial charge on any atom is 0.226 e. The molecule has 0 spiro atoms. The second-order valence-corrected chi connectivity index (χ2v) is 8.26. The first-order valence-electron chi connectivity index (χ1n) is 10.1. The summed E-state index contributed by atoms with van der Waals surface area (Å²) in [6, 6.07) is 14.3. The van der Waals surface area contributed by atoms with Crippen LogP contribution < -0.4 is 0 Å². The molecule has 0 bridgehead atoms. The number of benzene rings is 2. The fourth-order valence-electron chi connectivity index (χ4n) is 3.50. The van der Waals surface area contributed by atoms with Crippen LogP contribution >= 0.6 is 11.8 Å². The molecule has 1 fully saturated rings. The summed E-state index contributed by atoms with van der Waals surface area (Å²) in [5.74, 6) is 1.50. The Kier molecular flexibility index (Phi) is 5.93. The van der Waals surface area contributed by atoms with Gasteiger partial charge in [-0.2, -0.15) is 0 Å². The highest BCUT2D eigenvalue weighted by atomic mass is 32.2. The number of fused-ring (bicyclic) bond motifs is 1. The van der Waals surface area contributed by atoms with Crippen LogP contribution in [0.25, 0.3) is 22.4 Å². The first-order valence-corrected chi connectivity index (χ1v) is 11.1. The molecule has 2 aromatic carbocycles. The van der Waals surface area contributed by atoms with Gasteiger partial charge in [-0.3, -0.25) is 4.90 Å². The van der Waals surface area contributed by atoms with E-state index in [1.807, 2.05) is 24.3 Å². The molecule has 1 saturated heterocycles. The maximum atomic E-state index is 13.5. The third kappa shape index (κ3) is 4.76. The Morgan fingerprint density at radius 3 is 2.74 bits per heavy atom. The van der Waals surface area contributed by atoms with E-state index in [2.05, 4.69) is 9.88 Å². The lowest BCUT2D eigenvalue weighted by Gasteiger charge is -2.25. The molecular formula is C23H21FN4O2S. The van der Waals surface area contributed by atoms with E-state index in [0.29, 0.717) is 23.8 Å². The first-order chi connectivity index (χ1) is 15.2. The Labute approximate surface area is 183 Å². The first kappa shape index (κ1) is 20.1. The van der Waals surface area contributed by atoms with Gasteiger partial charge in [-0.25, -0.2) is 19.3 Å². The molecule has 4 aromatic rings. The molecule has 1 aliphatic heterocycles. The van der Waals surface area contributed by atoms with Crippen molar-refractivity contribution >= 4 is 22.7 Å². The lowest BCUT2D eigenvalue weighted by molar-refractivity contribution is 0.0330. The molecule has 8 heteroatoms. The van der Waals surface area contributed by atoms with Crippen molar-refractivity contribution in [3.05, 3.63) is 72.1 Å². The summed E-state index contributed by atoms with van der Waals surface area (Å²) in [6.45, 7) is 3.97. The molecule has 0 unspecified atom stereocenters. The number of nitrogens with zero attached hydrogens (tertiary/aromatic N) is 4. The molecule has 1 aliphatic rings. The quantitative estimate of drug-likeness (QED) is 0.325. The van der Waals surface area contributed by atoms with E-state index in [4.69, 9.17) is 19.1 Å². The van der Waals surface area contributed by atoms with Gasteiger partial charge >= 0.3 is 0 Å². The van der Waals surface area contributed by atoms with Gasteiger partial charge in [-0.15, -0.1) is 0 Å². The van der Waals surface area contributed by atoms with Crippen LogP contribution in [0.5, 0.6) is 0 Å². The Morgan fingerprint density at radius 2 is 1.87 bits per heavy atom. The van der Waals surface area contributed by atoms with Crippen LogP contribution in [0.15, 0.2) is 64.2 Å². The van der Waals surface area contributed by atoms with Crippen molar-refractivity contribution in [3.8, 4) is 11.5 Å². The standard InChI is InChI=1S/C23H21FN4O2S/c24-17-5-3-4-16(12-17)22-25-18(14-30-22)15-31-23-19-6-1-2-7-20(19)26-21(27-23)13-28-8-10-29-11-9-28/h1-7,12,14H,8-11,13,15H2. The van der Waals surface area contributed by atoms with Gasteiger partial charge in [-0.1, -0.05) is 36.0 Å². The van der Waals surface area contributed by atoms with Gasteiger partial charge in [0.15, 0.2) is 0 Å². The van der Waals surface area contributed by atoms with Gasteiger partial charge in [0.25, 0.3) is 0 Å². The number of aromatic nitrogens is 3. The molecule has 0 amide bonds. The van der Waals surface area contributed by atoms with E-state index in [1.54, 1.807) is 30.2 Å². The van der Waals surface area contributed by atoms with Crippen molar-refractivity contribution in [3.63, 3.8) is 0 Å². The number of thioether (sulfide) groups is 1. The predicted molar refractivity (Wildman–Crippen MR) is 117 cm³/mol. The lowest BCUT2D eigenvalue weighted by atomic mass is 10.2. The summed E-state index contributed by atoms with van der Waals surface area (Å²) < 4.78 is 24.5. The molecule has 158 valence electrons. The molecule has 0 atom stereocenters. The minimum Gasteiger partial charge on any atom is -0.444 e. The van der Waals surface area contributed by atoms with Crippen LogP contribution in [-0.2, 0) is 17.0 Å². The molecule has 0 N–H and O–H groups in total. The Hall–Kier alpha value is -2.81. The third-order valence-electron chi connectivity index (χ3n) is 5.06. The number of morpholine rings is 1. The number of ether oxygens (including phenoxy) is 1. The minimum absolute atomic E-state index is 0.313. The van der Waals surface area contributed by atoms with Gasteiger partial charge in [0.2, 0.25) is 5.89 Å². The van der Waals surface area contributed by atoms with E-state index in [0.717, 1.165) is 53.8 Å². The Balaban J connectivity index is 1.36. The van der Waals surface area contributed by atoms with E-state index in [-0.39, 0.29) is 5.82 Å². The van der Waals surface area contributed by atoms with E-state index in [9.17, 15) is 4.39 Å². The number of halogens is 1. The Morgan fingerprint density at radius 1 is 1.00 bits per heavy atom. The van der Waals surface area contributed by atoms with E-state index in [1.165, 1.54) is 12.1 Å². The number of para-hydroxylation sites is 1. The van der Waals surface area contributed by atoms with Crippen molar-refractivity contribution in [1.82, 2.24) is 19.9 Å². The highest BCUT2D eigenvalue weighted by Crippen LogP contribution is 2.29. The number of rotatable bonds is 6. The van der Waals surface area contributed by atoms with Gasteiger partial charge in [0.05, 0.1) is 31.0 Å². The highest BCUT2D eigenvalue weighted by molar-refractivity contribution is 7.98. The van der Waals surface area contributed by atoms with Crippen molar-refractivity contribution in [2.24, 2.45) is 0 Å². The molecule has 31 heavy (non-hydrogen) atoms. The van der Waals surface area contributed by atoms with Gasteiger partial charge in [0.1, 0.15) is 22.9 Å². The molecule has 0 saturated carbocycles. The molecule has 3 heterocycles. The van der Waals surface area contributed by atoms with Crippen LogP contribution in [0.3, 0.4) is 0 Å². The van der Waals surface area contributed by atoms with Crippen LogP contribution in [0.2, 0.25) is 0 Å². The summed E-state index contributed by atoms with van der Waals surface area (Å²) in [7, 11) is 0. The third-order valence-corrected chi connectivity index (χ3v) is 6.09. The zero-order valence-electron chi connectivity index (χ0n) is 16.8. The monoisotopic (exact) mass is 436 g/mol. The zero-order chi connectivity index (χ0) is 21.0. The summed E-state index contributed by atoms with van der Waals surface area (Å²) in [6.07, 6.45) is 1.62. The van der Waals surface area contributed by atoms with Gasteiger partial charge in [0, 0.05) is 29.8 Å². The van der Waals surface area contributed by atoms with Crippen LogP contribution in [0.4, 0.5) is 4.39 Å². The predicted octanol–water partition coefficient (Wildman–Crippen LogP) is 4.55. The zero-order valence-corrected chi connectivity index (χ0v) is 17.6. The molecule has 6 nitrogen and oxygen atoms in total. The van der Waals surface area contributed by atoms with Gasteiger partial charge in [-0.05, 0) is 24.3 Å². The topological polar surface area (TPSA) is 64.3 Å². The molecule has 0 aliphatic carbocycles. The van der Waals surface area contributed by atoms with E-state index < -0.39 is 0 Å². The summed E-state index contributed by atoms with van der Waals surface area (Å²) >= 11 is 1.60.